The number of aryl methyl sites for hydroxylation is 1. The van der Waals surface area contributed by atoms with Crippen molar-refractivity contribution in [2.24, 2.45) is 0 Å². The van der Waals surface area contributed by atoms with Crippen molar-refractivity contribution in [2.75, 3.05) is 0 Å². The van der Waals surface area contributed by atoms with E-state index in [0.29, 0.717) is 0 Å². The molecule has 0 aromatic carbocycles. The molecule has 2 aromatic rings. The molecular weight excluding hydrogens is 272 g/mol. The molecular formula is C11H13BrN2S. The van der Waals surface area contributed by atoms with Gasteiger partial charge in [0.2, 0.25) is 0 Å². The third-order valence-electron chi connectivity index (χ3n) is 1.60. The topological polar surface area (TPSA) is 25.8 Å². The first-order chi connectivity index (χ1) is 7.25. The van der Waals surface area contributed by atoms with Crippen LogP contribution in [-0.4, -0.2) is 9.97 Å². The third-order valence-corrected chi connectivity index (χ3v) is 3.31. The maximum atomic E-state index is 4.34. The Kier molecular flexibility index (Phi) is 4.91. The standard InChI is InChI=1S/C9H7BrN2S.C2H6/c1-6-11-3-2-8(12-6)9-4-7(10)5-13-9;1-2/h2-5H,1H3;1-2H3. The van der Waals surface area contributed by atoms with Gasteiger partial charge in [-0.05, 0) is 35.0 Å². The molecule has 0 unspecified atom stereocenters. The van der Waals surface area contributed by atoms with Gasteiger partial charge in [0.25, 0.3) is 0 Å². The summed E-state index contributed by atoms with van der Waals surface area (Å²) < 4.78 is 1.10. The first-order valence-corrected chi connectivity index (χ1v) is 6.47. The fraction of sp³-hybridized carbons (Fsp3) is 0.273. The zero-order chi connectivity index (χ0) is 11.3. The van der Waals surface area contributed by atoms with Gasteiger partial charge in [0.15, 0.2) is 0 Å². The summed E-state index contributed by atoms with van der Waals surface area (Å²) in [6.07, 6.45) is 1.78. The van der Waals surface area contributed by atoms with Gasteiger partial charge in [-0.3, -0.25) is 0 Å². The van der Waals surface area contributed by atoms with Crippen molar-refractivity contribution in [3.05, 3.63) is 34.0 Å². The lowest BCUT2D eigenvalue weighted by Crippen LogP contribution is -1.87. The number of hydrogen-bond donors (Lipinski definition) is 0. The van der Waals surface area contributed by atoms with Gasteiger partial charge in [-0.1, -0.05) is 13.8 Å². The summed E-state index contributed by atoms with van der Waals surface area (Å²) in [6.45, 7) is 5.89. The molecule has 2 nitrogen and oxygen atoms in total. The fourth-order valence-corrected chi connectivity index (χ4v) is 2.44. The van der Waals surface area contributed by atoms with Gasteiger partial charge >= 0.3 is 0 Å². The van der Waals surface area contributed by atoms with E-state index in [9.17, 15) is 0 Å². The van der Waals surface area contributed by atoms with E-state index in [1.165, 1.54) is 0 Å². The smallest absolute Gasteiger partial charge is 0.125 e. The molecule has 0 bridgehead atoms. The summed E-state index contributed by atoms with van der Waals surface area (Å²) in [5.41, 5.74) is 0.989. The van der Waals surface area contributed by atoms with Gasteiger partial charge in [-0.15, -0.1) is 11.3 Å². The maximum Gasteiger partial charge on any atom is 0.125 e. The van der Waals surface area contributed by atoms with Gasteiger partial charge in [-0.2, -0.15) is 0 Å². The predicted octanol–water partition coefficient (Wildman–Crippen LogP) is 4.30. The molecule has 0 aliphatic rings. The highest BCUT2D eigenvalue weighted by Gasteiger charge is 2.02. The van der Waals surface area contributed by atoms with Crippen LogP contribution in [0.2, 0.25) is 0 Å². The van der Waals surface area contributed by atoms with Crippen LogP contribution in [0, 0.1) is 6.92 Å². The quantitative estimate of drug-likeness (QED) is 0.780. The molecule has 0 spiro atoms. The van der Waals surface area contributed by atoms with Crippen LogP contribution >= 0.6 is 27.3 Å². The molecule has 4 heteroatoms. The lowest BCUT2D eigenvalue weighted by molar-refractivity contribution is 1.06. The molecule has 2 rings (SSSR count). The number of rotatable bonds is 1. The van der Waals surface area contributed by atoms with Gasteiger partial charge < -0.3 is 0 Å². The van der Waals surface area contributed by atoms with Crippen LogP contribution in [0.3, 0.4) is 0 Å². The van der Waals surface area contributed by atoms with Crippen LogP contribution in [-0.2, 0) is 0 Å². The zero-order valence-corrected chi connectivity index (χ0v) is 11.4. The number of thiophene rings is 1. The van der Waals surface area contributed by atoms with Gasteiger partial charge in [0, 0.05) is 16.0 Å². The molecule has 0 atom stereocenters. The average molecular weight is 285 g/mol. The van der Waals surface area contributed by atoms with Gasteiger partial charge in [0.1, 0.15) is 5.82 Å². The summed E-state index contributed by atoms with van der Waals surface area (Å²) in [5.74, 6) is 0.807. The van der Waals surface area contributed by atoms with Crippen LogP contribution < -0.4 is 0 Å². The molecule has 0 aliphatic carbocycles. The zero-order valence-electron chi connectivity index (χ0n) is 8.99. The highest BCUT2D eigenvalue weighted by molar-refractivity contribution is 9.10. The molecule has 2 aromatic heterocycles. The van der Waals surface area contributed by atoms with Crippen molar-refractivity contribution in [1.29, 1.82) is 0 Å². The van der Waals surface area contributed by atoms with Crippen LogP contribution in [0.5, 0.6) is 0 Å². The molecule has 0 N–H and O–H groups in total. The lowest BCUT2D eigenvalue weighted by Gasteiger charge is -1.95. The molecule has 0 saturated carbocycles. The summed E-state index contributed by atoms with van der Waals surface area (Å²) in [7, 11) is 0. The Morgan fingerprint density at radius 2 is 2.07 bits per heavy atom. The summed E-state index contributed by atoms with van der Waals surface area (Å²) >= 11 is 5.09. The van der Waals surface area contributed by atoms with Crippen molar-refractivity contribution in [3.63, 3.8) is 0 Å². The van der Waals surface area contributed by atoms with Crippen molar-refractivity contribution >= 4 is 27.3 Å². The van der Waals surface area contributed by atoms with Crippen molar-refractivity contribution in [3.8, 4) is 10.6 Å². The normalized spacial score (nSPS) is 9.33. The monoisotopic (exact) mass is 284 g/mol. The minimum Gasteiger partial charge on any atom is -0.242 e. The lowest BCUT2D eigenvalue weighted by atomic mass is 10.3. The van der Waals surface area contributed by atoms with Crippen LogP contribution in [0.15, 0.2) is 28.2 Å². The summed E-state index contributed by atoms with van der Waals surface area (Å²) in [6, 6.07) is 3.98. The highest BCUT2D eigenvalue weighted by atomic mass is 79.9. The van der Waals surface area contributed by atoms with E-state index in [1.807, 2.05) is 32.2 Å². The van der Waals surface area contributed by atoms with Gasteiger partial charge in [-0.25, -0.2) is 9.97 Å². The maximum absolute atomic E-state index is 4.34. The third kappa shape index (κ3) is 3.39. The van der Waals surface area contributed by atoms with E-state index >= 15 is 0 Å². The van der Waals surface area contributed by atoms with Gasteiger partial charge in [0.05, 0.1) is 10.6 Å². The molecule has 80 valence electrons. The number of nitrogens with zero attached hydrogens (tertiary/aromatic N) is 2. The minimum absolute atomic E-state index is 0.807. The fourth-order valence-electron chi connectivity index (χ4n) is 1.04. The Bertz CT molecular complexity index is 426. The first kappa shape index (κ1) is 12.3. The number of aromatic nitrogens is 2. The van der Waals surface area contributed by atoms with Crippen molar-refractivity contribution in [2.45, 2.75) is 20.8 Å². The first-order valence-electron chi connectivity index (χ1n) is 4.80. The van der Waals surface area contributed by atoms with E-state index in [0.717, 1.165) is 20.9 Å². The van der Waals surface area contributed by atoms with E-state index in [4.69, 9.17) is 0 Å². The second-order valence-electron chi connectivity index (χ2n) is 2.62. The predicted molar refractivity (Wildman–Crippen MR) is 69.1 cm³/mol. The molecule has 0 aliphatic heterocycles. The molecule has 2 heterocycles. The van der Waals surface area contributed by atoms with Crippen molar-refractivity contribution in [1.82, 2.24) is 9.97 Å². The Morgan fingerprint density at radius 1 is 1.33 bits per heavy atom. The highest BCUT2D eigenvalue weighted by Crippen LogP contribution is 2.27. The average Bonchev–Trinajstić information content (AvgIpc) is 2.68. The number of halogens is 1. The summed E-state index contributed by atoms with van der Waals surface area (Å²) in [4.78, 5) is 9.55. The molecule has 0 amide bonds. The Labute approximate surface area is 103 Å². The Morgan fingerprint density at radius 3 is 2.60 bits per heavy atom. The largest absolute Gasteiger partial charge is 0.242 e. The van der Waals surface area contributed by atoms with Crippen molar-refractivity contribution < 1.29 is 0 Å². The van der Waals surface area contributed by atoms with E-state index < -0.39 is 0 Å². The van der Waals surface area contributed by atoms with Crippen LogP contribution in [0.1, 0.15) is 19.7 Å². The number of hydrogen-bond acceptors (Lipinski definition) is 3. The summed E-state index contributed by atoms with van der Waals surface area (Å²) in [5, 5.41) is 2.05. The molecule has 15 heavy (non-hydrogen) atoms. The SMILES string of the molecule is CC.Cc1nccc(-c2cc(Br)cs2)n1. The van der Waals surface area contributed by atoms with Crippen LogP contribution in [0.4, 0.5) is 0 Å². The van der Waals surface area contributed by atoms with Crippen LogP contribution in [0.25, 0.3) is 10.6 Å². The molecule has 0 radical (unpaired) electrons. The van der Waals surface area contributed by atoms with E-state index in [1.54, 1.807) is 17.5 Å². The minimum atomic E-state index is 0.807. The second-order valence-corrected chi connectivity index (χ2v) is 4.45. The molecule has 0 fully saturated rings. The Balaban J connectivity index is 0.000000531. The second kappa shape index (κ2) is 5.98. The van der Waals surface area contributed by atoms with E-state index in [-0.39, 0.29) is 0 Å². The van der Waals surface area contributed by atoms with E-state index in [2.05, 4.69) is 32.0 Å². The molecule has 0 saturated heterocycles. The Hall–Kier alpha value is -0.740.